The number of hydrogen-bond acceptors (Lipinski definition) is 2. The van der Waals surface area contributed by atoms with Gasteiger partial charge in [-0.3, -0.25) is 4.79 Å². The Labute approximate surface area is 96.8 Å². The highest BCUT2D eigenvalue weighted by Crippen LogP contribution is 2.31. The van der Waals surface area contributed by atoms with Crippen LogP contribution in [0.1, 0.15) is 29.9 Å². The number of rotatable bonds is 3. The Balaban J connectivity index is 3.16. The minimum absolute atomic E-state index is 0.158. The van der Waals surface area contributed by atoms with E-state index in [1.54, 1.807) is 0 Å². The van der Waals surface area contributed by atoms with Crippen molar-refractivity contribution in [2.45, 2.75) is 23.6 Å². The molecule has 1 atom stereocenters. The van der Waals surface area contributed by atoms with Gasteiger partial charge in [-0.05, 0) is 24.6 Å². The molecule has 0 aliphatic heterocycles. The molecule has 0 aliphatic rings. The van der Waals surface area contributed by atoms with Crippen molar-refractivity contribution in [3.63, 3.8) is 0 Å². The molecule has 0 radical (unpaired) electrons. The van der Waals surface area contributed by atoms with Crippen molar-refractivity contribution in [3.8, 4) is 0 Å². The summed E-state index contributed by atoms with van der Waals surface area (Å²) in [5.41, 5.74) is 0.167. The molecule has 1 unspecified atom stereocenters. The van der Waals surface area contributed by atoms with E-state index in [1.165, 1.54) is 25.1 Å². The van der Waals surface area contributed by atoms with Gasteiger partial charge in [0.15, 0.2) is 5.78 Å². The summed E-state index contributed by atoms with van der Waals surface area (Å²) in [5, 5.41) is -0.920. The Hall–Kier alpha value is -0.610. The molecule has 0 bridgehead atoms. The Morgan fingerprint density at radius 2 is 2.07 bits per heavy atom. The maximum atomic E-state index is 12.4. The number of carbonyl (C=O) groups is 1. The van der Waals surface area contributed by atoms with Crippen LogP contribution in [0.5, 0.6) is 0 Å². The second kappa shape index (κ2) is 4.94. The van der Waals surface area contributed by atoms with Crippen LogP contribution in [-0.4, -0.2) is 5.78 Å². The van der Waals surface area contributed by atoms with Crippen LogP contribution >= 0.6 is 24.2 Å². The smallest absolute Gasteiger partial charge is 0.263 e. The molecule has 0 N–H and O–H groups in total. The van der Waals surface area contributed by atoms with E-state index in [0.717, 1.165) is 0 Å². The second-order valence-electron chi connectivity index (χ2n) is 3.09. The molecule has 0 heterocycles. The topological polar surface area (TPSA) is 17.1 Å². The molecule has 0 fully saturated rings. The average molecular weight is 251 g/mol. The Kier molecular flexibility index (Phi) is 4.11. The second-order valence-corrected chi connectivity index (χ2v) is 4.01. The number of carbonyl (C=O) groups excluding carboxylic acids is 1. The molecule has 1 rings (SSSR count). The first kappa shape index (κ1) is 12.5. The number of benzene rings is 1. The Morgan fingerprint density at radius 1 is 1.47 bits per heavy atom. The molecule has 1 nitrogen and oxygen atoms in total. The standard InChI is InChI=1S/C10H9ClF2OS/c1-5(14)9(11)7-4-6(10(12)13)2-3-8(7)15/h2-4,9-10,15H,1H3. The van der Waals surface area contributed by atoms with Crippen LogP contribution in [0.3, 0.4) is 0 Å². The molecule has 82 valence electrons. The van der Waals surface area contributed by atoms with Gasteiger partial charge in [-0.1, -0.05) is 6.07 Å². The molecule has 1 aromatic carbocycles. The Morgan fingerprint density at radius 3 is 2.53 bits per heavy atom. The highest BCUT2D eigenvalue weighted by atomic mass is 35.5. The monoisotopic (exact) mass is 250 g/mol. The molecular formula is C10H9ClF2OS. The van der Waals surface area contributed by atoms with Gasteiger partial charge in [0.1, 0.15) is 5.38 Å². The summed E-state index contributed by atoms with van der Waals surface area (Å²) in [4.78, 5) is 11.5. The average Bonchev–Trinajstić information content (AvgIpc) is 2.16. The van der Waals surface area contributed by atoms with E-state index in [2.05, 4.69) is 12.6 Å². The first-order valence-electron chi connectivity index (χ1n) is 4.19. The van der Waals surface area contributed by atoms with Crippen molar-refractivity contribution in [2.75, 3.05) is 0 Å². The molecule has 1 aromatic rings. The lowest BCUT2D eigenvalue weighted by Gasteiger charge is -2.11. The summed E-state index contributed by atoms with van der Waals surface area (Å²) in [5.74, 6) is -0.293. The zero-order valence-corrected chi connectivity index (χ0v) is 9.53. The van der Waals surface area contributed by atoms with Crippen molar-refractivity contribution in [1.29, 1.82) is 0 Å². The fraction of sp³-hybridized carbons (Fsp3) is 0.300. The lowest BCUT2D eigenvalue weighted by Crippen LogP contribution is -2.03. The third-order valence-corrected chi connectivity index (χ3v) is 2.88. The van der Waals surface area contributed by atoms with Gasteiger partial charge in [0, 0.05) is 10.5 Å². The van der Waals surface area contributed by atoms with Crippen molar-refractivity contribution in [2.24, 2.45) is 0 Å². The van der Waals surface area contributed by atoms with Crippen LogP contribution in [-0.2, 0) is 4.79 Å². The SMILES string of the molecule is CC(=O)C(Cl)c1cc(C(F)F)ccc1S. The van der Waals surface area contributed by atoms with Gasteiger partial charge in [-0.2, -0.15) is 0 Å². The van der Waals surface area contributed by atoms with E-state index in [4.69, 9.17) is 11.6 Å². The lowest BCUT2D eigenvalue weighted by atomic mass is 10.1. The molecule has 0 aliphatic carbocycles. The van der Waals surface area contributed by atoms with Gasteiger partial charge < -0.3 is 0 Å². The van der Waals surface area contributed by atoms with E-state index in [9.17, 15) is 13.6 Å². The minimum Gasteiger partial charge on any atom is -0.298 e. The quantitative estimate of drug-likeness (QED) is 0.638. The lowest BCUT2D eigenvalue weighted by molar-refractivity contribution is -0.116. The summed E-state index contributed by atoms with van der Waals surface area (Å²) >= 11 is 9.85. The molecule has 15 heavy (non-hydrogen) atoms. The molecule has 0 aromatic heterocycles. The number of halogens is 3. The zero-order valence-electron chi connectivity index (χ0n) is 7.88. The largest absolute Gasteiger partial charge is 0.298 e. The van der Waals surface area contributed by atoms with Crippen LogP contribution in [0.2, 0.25) is 0 Å². The van der Waals surface area contributed by atoms with E-state index in [-0.39, 0.29) is 11.3 Å². The number of Topliss-reactive ketones (excluding diaryl/α,β-unsaturated/α-hetero) is 1. The van der Waals surface area contributed by atoms with Crippen molar-refractivity contribution < 1.29 is 13.6 Å². The summed E-state index contributed by atoms with van der Waals surface area (Å²) in [6, 6.07) is 3.89. The number of ketones is 1. The molecule has 5 heteroatoms. The molecule has 0 saturated heterocycles. The van der Waals surface area contributed by atoms with Crippen LogP contribution in [0.25, 0.3) is 0 Å². The number of thiol groups is 1. The van der Waals surface area contributed by atoms with Crippen LogP contribution < -0.4 is 0 Å². The fourth-order valence-electron chi connectivity index (χ4n) is 1.13. The number of hydrogen-bond donors (Lipinski definition) is 1. The van der Waals surface area contributed by atoms with Gasteiger partial charge in [0.05, 0.1) is 0 Å². The molecule has 0 amide bonds. The molecule has 0 spiro atoms. The van der Waals surface area contributed by atoms with Gasteiger partial charge >= 0.3 is 0 Å². The summed E-state index contributed by atoms with van der Waals surface area (Å²) in [7, 11) is 0. The predicted molar refractivity (Wildman–Crippen MR) is 57.9 cm³/mol. The normalized spacial score (nSPS) is 12.9. The first-order valence-corrected chi connectivity index (χ1v) is 5.07. The number of alkyl halides is 3. The van der Waals surface area contributed by atoms with Gasteiger partial charge in [-0.15, -0.1) is 24.2 Å². The third kappa shape index (κ3) is 2.92. The van der Waals surface area contributed by atoms with Crippen LogP contribution in [0.4, 0.5) is 8.78 Å². The zero-order chi connectivity index (χ0) is 11.6. The molecule has 0 saturated carbocycles. The maximum Gasteiger partial charge on any atom is 0.263 e. The summed E-state index contributed by atoms with van der Waals surface area (Å²) in [6.07, 6.45) is -2.58. The first-order chi connectivity index (χ1) is 6.93. The summed E-state index contributed by atoms with van der Waals surface area (Å²) in [6.45, 7) is 1.31. The summed E-state index contributed by atoms with van der Waals surface area (Å²) < 4.78 is 24.8. The van der Waals surface area contributed by atoms with Crippen LogP contribution in [0, 0.1) is 0 Å². The van der Waals surface area contributed by atoms with E-state index in [1.807, 2.05) is 0 Å². The maximum absolute atomic E-state index is 12.4. The third-order valence-electron chi connectivity index (χ3n) is 1.93. The highest BCUT2D eigenvalue weighted by Gasteiger charge is 2.18. The Bertz CT molecular complexity index is 382. The molecular weight excluding hydrogens is 242 g/mol. The van der Waals surface area contributed by atoms with E-state index >= 15 is 0 Å². The van der Waals surface area contributed by atoms with Crippen molar-refractivity contribution in [3.05, 3.63) is 29.3 Å². The van der Waals surface area contributed by atoms with Gasteiger partial charge in [0.2, 0.25) is 0 Å². The van der Waals surface area contributed by atoms with Crippen molar-refractivity contribution in [1.82, 2.24) is 0 Å². The van der Waals surface area contributed by atoms with E-state index in [0.29, 0.717) is 10.5 Å². The highest BCUT2D eigenvalue weighted by molar-refractivity contribution is 7.80. The van der Waals surface area contributed by atoms with Gasteiger partial charge in [-0.25, -0.2) is 8.78 Å². The minimum atomic E-state index is -2.58. The fourth-order valence-corrected chi connectivity index (χ4v) is 1.66. The van der Waals surface area contributed by atoms with Crippen molar-refractivity contribution >= 4 is 30.0 Å². The predicted octanol–water partition coefficient (Wildman–Crippen LogP) is 3.78. The van der Waals surface area contributed by atoms with Gasteiger partial charge in [0.25, 0.3) is 6.43 Å². The van der Waals surface area contributed by atoms with Crippen LogP contribution in [0.15, 0.2) is 23.1 Å². The van der Waals surface area contributed by atoms with E-state index < -0.39 is 11.8 Å².